The van der Waals surface area contributed by atoms with Gasteiger partial charge >= 0.3 is 12.1 Å². The van der Waals surface area contributed by atoms with Crippen LogP contribution < -0.4 is 15.5 Å². The van der Waals surface area contributed by atoms with Crippen molar-refractivity contribution in [2.45, 2.75) is 50.2 Å². The number of halogens is 2. The molecule has 198 valence electrons. The van der Waals surface area contributed by atoms with Gasteiger partial charge in [-0.25, -0.2) is 18.4 Å². The van der Waals surface area contributed by atoms with Crippen molar-refractivity contribution in [3.63, 3.8) is 0 Å². The quantitative estimate of drug-likeness (QED) is 0.589. The summed E-state index contributed by atoms with van der Waals surface area (Å²) in [5, 5.41) is 4.86. The van der Waals surface area contributed by atoms with Crippen LogP contribution in [0.15, 0.2) is 12.1 Å². The molecular formula is C25H29F2N5O5. The molecule has 1 aliphatic carbocycles. The van der Waals surface area contributed by atoms with E-state index in [4.69, 9.17) is 4.74 Å². The van der Waals surface area contributed by atoms with Crippen molar-refractivity contribution in [2.24, 2.45) is 5.41 Å². The van der Waals surface area contributed by atoms with Gasteiger partial charge in [0, 0.05) is 49.3 Å². The van der Waals surface area contributed by atoms with E-state index in [9.17, 15) is 28.0 Å². The van der Waals surface area contributed by atoms with Crippen LogP contribution in [0.4, 0.5) is 24.1 Å². The van der Waals surface area contributed by atoms with Gasteiger partial charge in [-0.05, 0) is 31.4 Å². The zero-order valence-electron chi connectivity index (χ0n) is 20.3. The molecule has 1 spiro atoms. The number of rotatable bonds is 4. The summed E-state index contributed by atoms with van der Waals surface area (Å²) in [6.45, 7) is 3.12. The van der Waals surface area contributed by atoms with Gasteiger partial charge in [0.2, 0.25) is 11.8 Å². The number of carbonyl (C=O) groups is 4. The Hall–Kier alpha value is -3.44. The third-order valence-corrected chi connectivity index (χ3v) is 8.35. The van der Waals surface area contributed by atoms with Gasteiger partial charge in [-0.2, -0.15) is 0 Å². The summed E-state index contributed by atoms with van der Waals surface area (Å²) in [5.41, 5.74) is 0.345. The van der Waals surface area contributed by atoms with Crippen molar-refractivity contribution in [2.75, 3.05) is 44.2 Å². The number of carbonyl (C=O) groups excluding carboxylic acids is 4. The van der Waals surface area contributed by atoms with Crippen LogP contribution in [0.1, 0.15) is 43.6 Å². The molecule has 12 heteroatoms. The van der Waals surface area contributed by atoms with Crippen molar-refractivity contribution >= 4 is 29.6 Å². The molecule has 1 aromatic rings. The van der Waals surface area contributed by atoms with Crippen LogP contribution in [0.2, 0.25) is 0 Å². The molecule has 37 heavy (non-hydrogen) atoms. The lowest BCUT2D eigenvalue weighted by Crippen LogP contribution is -2.67. The molecule has 1 saturated carbocycles. The minimum atomic E-state index is -1.05. The molecule has 5 amide bonds. The summed E-state index contributed by atoms with van der Waals surface area (Å²) in [5.74, 6) is -3.88. The maximum Gasteiger partial charge on any atom is 0.407 e. The first kappa shape index (κ1) is 23.9. The Morgan fingerprint density at radius 1 is 1.03 bits per heavy atom. The molecule has 1 unspecified atom stereocenters. The highest BCUT2D eigenvalue weighted by Crippen LogP contribution is 2.48. The topological polar surface area (TPSA) is 111 Å². The van der Waals surface area contributed by atoms with Crippen molar-refractivity contribution in [3.05, 3.63) is 29.3 Å². The van der Waals surface area contributed by atoms with E-state index in [1.165, 1.54) is 31.4 Å². The van der Waals surface area contributed by atoms with E-state index >= 15 is 0 Å². The molecule has 1 aromatic carbocycles. The summed E-state index contributed by atoms with van der Waals surface area (Å²) in [6, 6.07) is 2.10. The third kappa shape index (κ3) is 4.36. The van der Waals surface area contributed by atoms with Crippen molar-refractivity contribution in [1.82, 2.24) is 20.4 Å². The zero-order chi connectivity index (χ0) is 25.9. The summed E-state index contributed by atoms with van der Waals surface area (Å²) < 4.78 is 34.9. The largest absolute Gasteiger partial charge is 0.442 e. The van der Waals surface area contributed by atoms with Crippen molar-refractivity contribution in [1.29, 1.82) is 0 Å². The Balaban J connectivity index is 0.937. The molecule has 0 radical (unpaired) electrons. The van der Waals surface area contributed by atoms with Gasteiger partial charge in [-0.15, -0.1) is 0 Å². The number of piperidine rings is 1. The highest BCUT2D eigenvalue weighted by Gasteiger charge is 2.51. The van der Waals surface area contributed by atoms with Gasteiger partial charge in [0.25, 0.3) is 0 Å². The first-order chi connectivity index (χ1) is 17.7. The van der Waals surface area contributed by atoms with E-state index in [0.29, 0.717) is 37.3 Å². The number of ether oxygens (including phenoxy) is 1. The first-order valence-corrected chi connectivity index (χ1v) is 12.8. The number of alkyl carbamates (subject to hydrolysis) is 1. The number of amides is 5. The molecule has 2 N–H and O–H groups in total. The van der Waals surface area contributed by atoms with Gasteiger partial charge in [-0.1, -0.05) is 6.42 Å². The molecule has 4 heterocycles. The SMILES string of the molecule is O=C1CCC(c2c(F)cc(N3CC(NC(=O)OC4CN(C(=O)N5CC6(CCC6)C5)C4)C3)cc2F)C(=O)N1. The summed E-state index contributed by atoms with van der Waals surface area (Å²) in [6.07, 6.45) is 2.83. The Morgan fingerprint density at radius 2 is 1.70 bits per heavy atom. The molecule has 5 fully saturated rings. The molecule has 5 aliphatic rings. The van der Waals surface area contributed by atoms with E-state index in [0.717, 1.165) is 13.1 Å². The molecule has 4 saturated heterocycles. The normalized spacial score (nSPS) is 25.0. The molecule has 6 rings (SSSR count). The number of hydrogen-bond acceptors (Lipinski definition) is 6. The maximum absolute atomic E-state index is 14.8. The van der Waals surface area contributed by atoms with Gasteiger partial charge in [0.1, 0.15) is 17.7 Å². The number of likely N-dealkylation sites (tertiary alicyclic amines) is 2. The fourth-order valence-corrected chi connectivity index (χ4v) is 5.95. The Labute approximate surface area is 212 Å². The second-order valence-corrected chi connectivity index (χ2v) is 11.0. The fourth-order valence-electron chi connectivity index (χ4n) is 5.95. The highest BCUT2D eigenvalue weighted by atomic mass is 19.1. The highest BCUT2D eigenvalue weighted by molar-refractivity contribution is 6.01. The van der Waals surface area contributed by atoms with Gasteiger partial charge < -0.3 is 24.8 Å². The standard InChI is InChI=1S/C25H29F2N5O5/c26-18-6-15(7-19(27)21(18)17-2-3-20(33)29-22(17)34)30-8-14(9-30)28-23(35)37-16-10-31(11-16)24(36)32-12-25(13-32)4-1-5-25/h6-7,14,16-17H,1-5,8-13H2,(H,28,35)(H,29,33,34). The molecule has 0 bridgehead atoms. The summed E-state index contributed by atoms with van der Waals surface area (Å²) >= 11 is 0. The lowest BCUT2D eigenvalue weighted by atomic mass is 9.64. The number of imide groups is 1. The van der Waals surface area contributed by atoms with E-state index in [-0.39, 0.29) is 36.6 Å². The smallest absolute Gasteiger partial charge is 0.407 e. The van der Waals surface area contributed by atoms with Crippen LogP contribution in [0, 0.1) is 17.0 Å². The Morgan fingerprint density at radius 3 is 2.30 bits per heavy atom. The average molecular weight is 518 g/mol. The average Bonchev–Trinajstić information content (AvgIpc) is 2.71. The minimum absolute atomic E-state index is 0.00973. The van der Waals surface area contributed by atoms with Crippen LogP contribution in [-0.4, -0.2) is 85.2 Å². The van der Waals surface area contributed by atoms with E-state index in [2.05, 4.69) is 10.6 Å². The van der Waals surface area contributed by atoms with E-state index < -0.39 is 35.5 Å². The first-order valence-electron chi connectivity index (χ1n) is 12.8. The van der Waals surface area contributed by atoms with Crippen molar-refractivity contribution < 1.29 is 32.7 Å². The van der Waals surface area contributed by atoms with Crippen LogP contribution in [-0.2, 0) is 14.3 Å². The summed E-state index contributed by atoms with van der Waals surface area (Å²) in [4.78, 5) is 53.3. The van der Waals surface area contributed by atoms with E-state index in [1.807, 2.05) is 4.90 Å². The molecular weight excluding hydrogens is 488 g/mol. The molecule has 1 atom stereocenters. The Kier molecular flexibility index (Phi) is 5.72. The number of benzene rings is 1. The molecule has 0 aromatic heterocycles. The zero-order valence-corrected chi connectivity index (χ0v) is 20.3. The lowest BCUT2D eigenvalue weighted by molar-refractivity contribution is -0.134. The number of urea groups is 1. The predicted octanol–water partition coefficient (Wildman–Crippen LogP) is 1.69. The number of anilines is 1. The van der Waals surface area contributed by atoms with E-state index in [1.54, 1.807) is 9.80 Å². The predicted molar refractivity (Wildman–Crippen MR) is 126 cm³/mol. The maximum atomic E-state index is 14.8. The van der Waals surface area contributed by atoms with Gasteiger partial charge in [0.15, 0.2) is 0 Å². The lowest BCUT2D eigenvalue weighted by Gasteiger charge is -2.57. The molecule has 10 nitrogen and oxygen atoms in total. The van der Waals surface area contributed by atoms with Crippen LogP contribution in [0.3, 0.4) is 0 Å². The summed E-state index contributed by atoms with van der Waals surface area (Å²) in [7, 11) is 0. The van der Waals surface area contributed by atoms with Crippen LogP contribution in [0.5, 0.6) is 0 Å². The number of nitrogens with one attached hydrogen (secondary N) is 2. The fraction of sp³-hybridized carbons (Fsp3) is 0.600. The monoisotopic (exact) mass is 517 g/mol. The molecule has 4 aliphatic heterocycles. The van der Waals surface area contributed by atoms with Crippen LogP contribution >= 0.6 is 0 Å². The third-order valence-electron chi connectivity index (χ3n) is 8.35. The van der Waals surface area contributed by atoms with Gasteiger partial charge in [0.05, 0.1) is 25.0 Å². The number of nitrogens with zero attached hydrogens (tertiary/aromatic N) is 3. The minimum Gasteiger partial charge on any atom is -0.442 e. The Bertz CT molecular complexity index is 1130. The number of hydrogen-bond donors (Lipinski definition) is 2. The second kappa shape index (κ2) is 8.84. The van der Waals surface area contributed by atoms with Gasteiger partial charge in [-0.3, -0.25) is 14.9 Å². The second-order valence-electron chi connectivity index (χ2n) is 11.0. The van der Waals surface area contributed by atoms with Crippen molar-refractivity contribution in [3.8, 4) is 0 Å². The van der Waals surface area contributed by atoms with Crippen LogP contribution in [0.25, 0.3) is 0 Å².